The maximum absolute atomic E-state index is 12.2. The number of carbonyl (C=O) groups is 1. The van der Waals surface area contributed by atoms with E-state index in [2.05, 4.69) is 19.6 Å². The lowest BCUT2D eigenvalue weighted by molar-refractivity contribution is -0.156. The van der Waals surface area contributed by atoms with E-state index in [1.54, 1.807) is 0 Å². The van der Waals surface area contributed by atoms with Crippen molar-refractivity contribution >= 4 is 33.8 Å². The number of esters is 1. The van der Waals surface area contributed by atoms with Crippen LogP contribution < -0.4 is 0 Å². The highest BCUT2D eigenvalue weighted by Crippen LogP contribution is 2.40. The van der Waals surface area contributed by atoms with E-state index in [1.165, 1.54) is 0 Å². The largest absolute Gasteiger partial charge is 0.466 e. The van der Waals surface area contributed by atoms with Crippen LogP contribution >= 0.6 is 10.7 Å². The van der Waals surface area contributed by atoms with Gasteiger partial charge in [-0.15, -0.1) is 0 Å². The molecule has 0 aliphatic heterocycles. The van der Waals surface area contributed by atoms with Crippen LogP contribution in [0.15, 0.2) is 0 Å². The molecule has 0 atom stereocenters. The van der Waals surface area contributed by atoms with E-state index in [0.29, 0.717) is 32.3 Å². The van der Waals surface area contributed by atoms with E-state index in [0.717, 1.165) is 6.04 Å². The van der Waals surface area contributed by atoms with Crippen molar-refractivity contribution in [1.29, 1.82) is 0 Å². The van der Waals surface area contributed by atoms with Crippen molar-refractivity contribution in [3.05, 3.63) is 0 Å². The number of hydrogen-bond acceptors (Lipinski definition) is 4. The van der Waals surface area contributed by atoms with Gasteiger partial charge >= 0.3 is 5.97 Å². The number of ether oxygens (including phenoxy) is 1. The Kier molecular flexibility index (Phi) is 5.72. The van der Waals surface area contributed by atoms with Crippen molar-refractivity contribution in [2.75, 3.05) is 6.61 Å². The molecule has 0 N–H and O–H groups in total. The van der Waals surface area contributed by atoms with E-state index in [1.807, 2.05) is 6.92 Å². The first kappa shape index (κ1) is 18.0. The molecule has 0 spiro atoms. The van der Waals surface area contributed by atoms with Gasteiger partial charge < -0.3 is 4.74 Å². The lowest BCUT2D eigenvalue weighted by Gasteiger charge is -2.34. The van der Waals surface area contributed by atoms with Crippen molar-refractivity contribution in [3.8, 4) is 0 Å². The number of halogens is 1. The van der Waals surface area contributed by atoms with Gasteiger partial charge in [-0.3, -0.25) is 4.79 Å². The molecule has 0 saturated heterocycles. The van der Waals surface area contributed by atoms with Crippen molar-refractivity contribution in [2.45, 2.75) is 63.5 Å². The van der Waals surface area contributed by atoms with Gasteiger partial charge in [0.15, 0.2) is 0 Å². The van der Waals surface area contributed by atoms with Crippen LogP contribution in [0, 0.1) is 5.41 Å². The lowest BCUT2D eigenvalue weighted by Crippen LogP contribution is -2.37. The molecular weight excluding hydrogens is 316 g/mol. The molecule has 0 amide bonds. The van der Waals surface area contributed by atoms with Gasteiger partial charge in [0.25, 0.3) is 0 Å². The SMILES string of the molecule is CC1(C(=O)OCC[Si](C)(C)C)CCC(S(=O)(=O)Cl)CC1. The van der Waals surface area contributed by atoms with Crippen LogP contribution in [-0.2, 0) is 18.6 Å². The quantitative estimate of drug-likeness (QED) is 0.437. The Hall–Kier alpha value is -0.0731. The smallest absolute Gasteiger partial charge is 0.311 e. The second-order valence-electron chi connectivity index (χ2n) is 7.18. The van der Waals surface area contributed by atoms with Crippen LogP contribution in [0.5, 0.6) is 0 Å². The highest BCUT2D eigenvalue weighted by molar-refractivity contribution is 8.14. The third-order valence-corrected chi connectivity index (χ3v) is 7.74. The third kappa shape index (κ3) is 5.37. The van der Waals surface area contributed by atoms with Crippen LogP contribution in [0.25, 0.3) is 0 Å². The molecular formula is C13H25ClO4SSi. The van der Waals surface area contributed by atoms with Gasteiger partial charge in [-0.05, 0) is 38.7 Å². The van der Waals surface area contributed by atoms with Gasteiger partial charge in [0, 0.05) is 18.8 Å². The van der Waals surface area contributed by atoms with Crippen LogP contribution in [0.2, 0.25) is 25.7 Å². The summed E-state index contributed by atoms with van der Waals surface area (Å²) in [7, 11) is 0.659. The molecule has 7 heteroatoms. The summed E-state index contributed by atoms with van der Waals surface area (Å²) in [5, 5.41) is -0.521. The van der Waals surface area contributed by atoms with E-state index in [-0.39, 0.29) is 5.97 Å². The van der Waals surface area contributed by atoms with Crippen LogP contribution in [-0.4, -0.2) is 34.3 Å². The summed E-state index contributed by atoms with van der Waals surface area (Å²) in [6.07, 6.45) is 1.92. The fraction of sp³-hybridized carbons (Fsp3) is 0.923. The molecule has 20 heavy (non-hydrogen) atoms. The van der Waals surface area contributed by atoms with Crippen molar-refractivity contribution < 1.29 is 17.9 Å². The summed E-state index contributed by atoms with van der Waals surface area (Å²) in [5.41, 5.74) is -0.558. The second kappa shape index (κ2) is 6.36. The Labute approximate surface area is 127 Å². The highest BCUT2D eigenvalue weighted by atomic mass is 35.7. The first-order valence-electron chi connectivity index (χ1n) is 7.05. The Bertz CT molecular complexity index is 447. The average Bonchev–Trinajstić information content (AvgIpc) is 2.26. The maximum atomic E-state index is 12.2. The van der Waals surface area contributed by atoms with Gasteiger partial charge in [-0.1, -0.05) is 19.6 Å². The summed E-state index contributed by atoms with van der Waals surface area (Å²) >= 11 is 0. The fourth-order valence-electron chi connectivity index (χ4n) is 2.34. The van der Waals surface area contributed by atoms with Gasteiger partial charge in [-0.2, -0.15) is 0 Å². The Balaban J connectivity index is 2.49. The molecule has 0 unspecified atom stereocenters. The molecule has 0 aromatic carbocycles. The topological polar surface area (TPSA) is 60.4 Å². The minimum Gasteiger partial charge on any atom is -0.466 e. The van der Waals surface area contributed by atoms with Crippen molar-refractivity contribution in [1.82, 2.24) is 0 Å². The molecule has 1 fully saturated rings. The maximum Gasteiger partial charge on any atom is 0.311 e. The standard InChI is InChI=1S/C13H25ClO4SSi/c1-13(12(15)18-9-10-20(2,3)4)7-5-11(6-8-13)19(14,16)17/h11H,5-10H2,1-4H3. The number of carbonyl (C=O) groups excluding carboxylic acids is 1. The number of hydrogen-bond donors (Lipinski definition) is 0. The Morgan fingerprint density at radius 3 is 2.20 bits per heavy atom. The van der Waals surface area contributed by atoms with Crippen LogP contribution in [0.4, 0.5) is 0 Å². The molecule has 0 aromatic heterocycles. The summed E-state index contributed by atoms with van der Waals surface area (Å²) in [6.45, 7) is 9.04. The predicted molar refractivity (Wildman–Crippen MR) is 84.2 cm³/mol. The highest BCUT2D eigenvalue weighted by Gasteiger charge is 2.41. The molecule has 1 aliphatic rings. The number of rotatable bonds is 5. The second-order valence-corrected chi connectivity index (χ2v) is 15.7. The summed E-state index contributed by atoms with van der Waals surface area (Å²) < 4.78 is 28.0. The molecule has 1 rings (SSSR count). The zero-order chi connectivity index (χ0) is 15.6. The first-order valence-corrected chi connectivity index (χ1v) is 13.1. The monoisotopic (exact) mass is 340 g/mol. The predicted octanol–water partition coefficient (Wildman–Crippen LogP) is 3.39. The molecule has 0 bridgehead atoms. The summed E-state index contributed by atoms with van der Waals surface area (Å²) in [5.74, 6) is -0.193. The van der Waals surface area contributed by atoms with Gasteiger partial charge in [0.2, 0.25) is 9.05 Å². The summed E-state index contributed by atoms with van der Waals surface area (Å²) in [4.78, 5) is 12.2. The van der Waals surface area contributed by atoms with Gasteiger partial charge in [0.1, 0.15) is 0 Å². The van der Waals surface area contributed by atoms with Crippen molar-refractivity contribution in [2.24, 2.45) is 5.41 Å². The van der Waals surface area contributed by atoms with Gasteiger partial charge in [0.05, 0.1) is 17.3 Å². The molecule has 1 saturated carbocycles. The van der Waals surface area contributed by atoms with E-state index in [9.17, 15) is 13.2 Å². The molecule has 0 aromatic rings. The molecule has 1 aliphatic carbocycles. The molecule has 4 nitrogen and oxygen atoms in total. The average molecular weight is 341 g/mol. The molecule has 0 heterocycles. The van der Waals surface area contributed by atoms with Gasteiger partial charge in [-0.25, -0.2) is 8.42 Å². The zero-order valence-corrected chi connectivity index (χ0v) is 15.3. The van der Waals surface area contributed by atoms with Crippen LogP contribution in [0.1, 0.15) is 32.6 Å². The minimum atomic E-state index is -3.51. The molecule has 0 radical (unpaired) electrons. The van der Waals surface area contributed by atoms with E-state index >= 15 is 0 Å². The fourth-order valence-corrected chi connectivity index (χ4v) is 4.39. The van der Waals surface area contributed by atoms with E-state index in [4.69, 9.17) is 15.4 Å². The van der Waals surface area contributed by atoms with E-state index < -0.39 is 27.8 Å². The molecule has 118 valence electrons. The summed E-state index contributed by atoms with van der Waals surface area (Å²) in [6, 6.07) is 0.952. The zero-order valence-electron chi connectivity index (χ0n) is 12.7. The van der Waals surface area contributed by atoms with Crippen molar-refractivity contribution in [3.63, 3.8) is 0 Å². The first-order chi connectivity index (χ1) is 8.94. The Morgan fingerprint density at radius 1 is 1.30 bits per heavy atom. The lowest BCUT2D eigenvalue weighted by atomic mass is 9.75. The van der Waals surface area contributed by atoms with Crippen LogP contribution in [0.3, 0.4) is 0 Å². The Morgan fingerprint density at radius 2 is 1.80 bits per heavy atom. The normalized spacial score (nSPS) is 28.1. The third-order valence-electron chi connectivity index (χ3n) is 4.01. The minimum absolute atomic E-state index is 0.193.